The molecule has 0 aliphatic carbocycles. The van der Waals surface area contributed by atoms with Crippen molar-refractivity contribution in [2.24, 2.45) is 0 Å². The van der Waals surface area contributed by atoms with Crippen LogP contribution in [0.1, 0.15) is 11.3 Å². The van der Waals surface area contributed by atoms with Crippen molar-refractivity contribution >= 4 is 10.8 Å². The van der Waals surface area contributed by atoms with Gasteiger partial charge in [-0.2, -0.15) is 4.57 Å². The maximum Gasteiger partial charge on any atom is 0.306 e. The Morgan fingerprint density at radius 3 is 2.18 bits per heavy atom. The van der Waals surface area contributed by atoms with Crippen LogP contribution in [0.15, 0.2) is 54.7 Å². The lowest BCUT2D eigenvalue weighted by molar-refractivity contribution is -0.593. The van der Waals surface area contributed by atoms with Crippen LogP contribution in [-0.4, -0.2) is 24.4 Å². The minimum Gasteiger partial charge on any atom is -1.00 e. The highest BCUT2D eigenvalue weighted by molar-refractivity contribution is 5.95. The molecule has 0 aliphatic heterocycles. The van der Waals surface area contributed by atoms with Gasteiger partial charge in [0.15, 0.2) is 11.5 Å². The van der Waals surface area contributed by atoms with Gasteiger partial charge < -0.3 is 21.9 Å². The average molecular weight is 396 g/mol. The quantitative estimate of drug-likeness (QED) is 0.527. The van der Waals surface area contributed by atoms with E-state index in [9.17, 15) is 0 Å². The van der Waals surface area contributed by atoms with Gasteiger partial charge in [0.2, 0.25) is 0 Å². The van der Waals surface area contributed by atoms with E-state index in [1.807, 2.05) is 18.2 Å². The number of benzene rings is 2. The SMILES string of the molecule is COc1cc2cc(C)[n+](-c3ccn[nH]3)c(-c3ccc(C)cc3)c2cc1OC.[Cl-]. The largest absolute Gasteiger partial charge is 1.00 e. The second-order valence-corrected chi connectivity index (χ2v) is 6.57. The number of ether oxygens (including phenoxy) is 2. The first kappa shape index (κ1) is 19.7. The minimum absolute atomic E-state index is 0. The normalized spacial score (nSPS) is 10.6. The van der Waals surface area contributed by atoms with Crippen LogP contribution in [0, 0.1) is 13.8 Å². The maximum absolute atomic E-state index is 5.56. The van der Waals surface area contributed by atoms with Gasteiger partial charge in [0.25, 0.3) is 0 Å². The van der Waals surface area contributed by atoms with Gasteiger partial charge >= 0.3 is 5.82 Å². The van der Waals surface area contributed by atoms with Crippen LogP contribution < -0.4 is 26.4 Å². The highest BCUT2D eigenvalue weighted by atomic mass is 35.5. The number of aromatic amines is 1. The molecule has 6 heteroatoms. The predicted molar refractivity (Wildman–Crippen MR) is 106 cm³/mol. The van der Waals surface area contributed by atoms with E-state index >= 15 is 0 Å². The molecular weight excluding hydrogens is 374 g/mol. The summed E-state index contributed by atoms with van der Waals surface area (Å²) >= 11 is 0. The van der Waals surface area contributed by atoms with Crippen molar-refractivity contribution in [3.8, 4) is 28.6 Å². The van der Waals surface area contributed by atoms with Gasteiger partial charge in [0, 0.05) is 10.9 Å². The summed E-state index contributed by atoms with van der Waals surface area (Å²) in [5, 5.41) is 9.40. The van der Waals surface area contributed by atoms with E-state index in [0.29, 0.717) is 5.75 Å². The number of aromatic nitrogens is 3. The second kappa shape index (κ2) is 7.90. The molecule has 0 bridgehead atoms. The third-order valence-electron chi connectivity index (χ3n) is 4.80. The Kier molecular flexibility index (Phi) is 5.56. The number of nitrogens with one attached hydrogen (secondary N) is 1. The Labute approximate surface area is 170 Å². The monoisotopic (exact) mass is 395 g/mol. The first-order valence-corrected chi connectivity index (χ1v) is 8.80. The lowest BCUT2D eigenvalue weighted by Crippen LogP contribution is -3.00. The highest BCUT2D eigenvalue weighted by Crippen LogP contribution is 2.36. The molecule has 1 N–H and O–H groups in total. The summed E-state index contributed by atoms with van der Waals surface area (Å²) in [6.07, 6.45) is 1.76. The number of nitrogens with zero attached hydrogens (tertiary/aromatic N) is 2. The van der Waals surface area contributed by atoms with Crippen LogP contribution in [0.2, 0.25) is 0 Å². The molecule has 4 rings (SSSR count). The van der Waals surface area contributed by atoms with E-state index < -0.39 is 0 Å². The molecule has 0 atom stereocenters. The summed E-state index contributed by atoms with van der Waals surface area (Å²) < 4.78 is 13.2. The maximum atomic E-state index is 5.56. The Morgan fingerprint density at radius 2 is 1.57 bits per heavy atom. The highest BCUT2D eigenvalue weighted by Gasteiger charge is 2.22. The number of aryl methyl sites for hydroxylation is 2. The minimum atomic E-state index is 0. The number of H-pyrrole nitrogens is 1. The summed E-state index contributed by atoms with van der Waals surface area (Å²) in [5.41, 5.74) is 4.52. The van der Waals surface area contributed by atoms with E-state index in [1.165, 1.54) is 5.56 Å². The summed E-state index contributed by atoms with van der Waals surface area (Å²) in [6, 6.07) is 16.7. The number of hydrogen-bond donors (Lipinski definition) is 1. The molecule has 28 heavy (non-hydrogen) atoms. The molecular formula is C22H22ClN3O2. The van der Waals surface area contributed by atoms with Gasteiger partial charge in [-0.1, -0.05) is 34.9 Å². The number of methoxy groups -OCH3 is 2. The van der Waals surface area contributed by atoms with Gasteiger partial charge in [-0.15, -0.1) is 5.10 Å². The molecule has 4 aromatic rings. The Hall–Kier alpha value is -3.05. The van der Waals surface area contributed by atoms with Crippen LogP contribution in [-0.2, 0) is 0 Å². The van der Waals surface area contributed by atoms with Crippen molar-refractivity contribution in [3.05, 3.63) is 66.0 Å². The summed E-state index contributed by atoms with van der Waals surface area (Å²) in [4.78, 5) is 0. The van der Waals surface area contributed by atoms with Crippen LogP contribution in [0.4, 0.5) is 0 Å². The third-order valence-corrected chi connectivity index (χ3v) is 4.80. The molecule has 2 aromatic heterocycles. The lowest BCUT2D eigenvalue weighted by atomic mass is 10.0. The van der Waals surface area contributed by atoms with Crippen molar-refractivity contribution in [2.45, 2.75) is 13.8 Å². The molecule has 144 valence electrons. The Balaban J connectivity index is 0.00000225. The van der Waals surface area contributed by atoms with Crippen LogP contribution in [0.3, 0.4) is 0 Å². The first-order valence-electron chi connectivity index (χ1n) is 8.80. The zero-order valence-electron chi connectivity index (χ0n) is 16.3. The predicted octanol–water partition coefficient (Wildman–Crippen LogP) is 1.14. The Bertz CT molecular complexity index is 1110. The van der Waals surface area contributed by atoms with Gasteiger partial charge in [0.05, 0.1) is 26.5 Å². The zero-order valence-corrected chi connectivity index (χ0v) is 17.0. The van der Waals surface area contributed by atoms with Crippen molar-refractivity contribution < 1.29 is 26.4 Å². The fourth-order valence-corrected chi connectivity index (χ4v) is 3.49. The summed E-state index contributed by atoms with van der Waals surface area (Å²) in [7, 11) is 3.32. The fraction of sp³-hybridized carbons (Fsp3) is 0.182. The number of hydrogen-bond acceptors (Lipinski definition) is 3. The van der Waals surface area contributed by atoms with Crippen molar-refractivity contribution in [2.75, 3.05) is 14.2 Å². The number of fused-ring (bicyclic) bond motifs is 1. The molecule has 2 aromatic carbocycles. The zero-order chi connectivity index (χ0) is 19.0. The van der Waals surface area contributed by atoms with Crippen molar-refractivity contribution in [1.82, 2.24) is 10.2 Å². The average Bonchev–Trinajstić information content (AvgIpc) is 3.21. The number of rotatable bonds is 4. The topological polar surface area (TPSA) is 51.0 Å². The van der Waals surface area contributed by atoms with E-state index in [0.717, 1.165) is 39.3 Å². The Morgan fingerprint density at radius 1 is 0.893 bits per heavy atom. The molecule has 0 saturated heterocycles. The van der Waals surface area contributed by atoms with E-state index in [2.05, 4.69) is 58.9 Å². The second-order valence-electron chi connectivity index (χ2n) is 6.57. The lowest BCUT2D eigenvalue weighted by Gasteiger charge is -2.15. The van der Waals surface area contributed by atoms with Crippen LogP contribution >= 0.6 is 0 Å². The molecule has 0 unspecified atom stereocenters. The molecule has 0 radical (unpaired) electrons. The molecule has 0 fully saturated rings. The first-order chi connectivity index (χ1) is 13.1. The van der Waals surface area contributed by atoms with Gasteiger partial charge in [-0.25, -0.2) is 0 Å². The molecule has 5 nitrogen and oxygen atoms in total. The molecule has 2 heterocycles. The molecule has 0 spiro atoms. The molecule has 0 saturated carbocycles. The van der Waals surface area contributed by atoms with E-state index in [1.54, 1.807) is 20.4 Å². The number of pyridine rings is 1. The van der Waals surface area contributed by atoms with Gasteiger partial charge in [0.1, 0.15) is 11.4 Å². The van der Waals surface area contributed by atoms with Crippen molar-refractivity contribution in [1.29, 1.82) is 0 Å². The molecule has 0 amide bonds. The van der Waals surface area contributed by atoms with E-state index in [-0.39, 0.29) is 12.4 Å². The van der Waals surface area contributed by atoms with Gasteiger partial charge in [-0.3, -0.25) is 0 Å². The number of halogens is 1. The third kappa shape index (κ3) is 3.29. The van der Waals surface area contributed by atoms with E-state index in [4.69, 9.17) is 9.47 Å². The summed E-state index contributed by atoms with van der Waals surface area (Å²) in [6.45, 7) is 4.18. The fourth-order valence-electron chi connectivity index (χ4n) is 3.49. The molecule has 0 aliphatic rings. The van der Waals surface area contributed by atoms with Crippen LogP contribution in [0.5, 0.6) is 11.5 Å². The van der Waals surface area contributed by atoms with Crippen molar-refractivity contribution in [3.63, 3.8) is 0 Å². The van der Waals surface area contributed by atoms with Gasteiger partial charge in [-0.05, 0) is 37.4 Å². The van der Waals surface area contributed by atoms with Crippen LogP contribution in [0.25, 0.3) is 27.8 Å². The standard InChI is InChI=1S/C22H22N3O2.ClH/c1-14-5-7-16(8-6-14)22-18-13-20(27-4)19(26-3)12-17(18)11-15(2)25(22)21-9-10-23-24-21;/h5-13H,1-4H3,(H,23,24);1H/q+1;/p-1. The summed E-state index contributed by atoms with van der Waals surface area (Å²) in [5.74, 6) is 2.34. The smallest absolute Gasteiger partial charge is 0.306 e.